The van der Waals surface area contributed by atoms with E-state index in [1.54, 1.807) is 0 Å². The maximum atomic E-state index is 12.0. The molecular formula is C14H28ClN3O. The number of nitrogens with one attached hydrogen (secondary N) is 1. The first-order chi connectivity index (χ1) is 8.61. The third kappa shape index (κ3) is 4.93. The number of amides is 1. The van der Waals surface area contributed by atoms with Crippen LogP contribution in [0.5, 0.6) is 0 Å². The highest BCUT2D eigenvalue weighted by Gasteiger charge is 2.33. The lowest BCUT2D eigenvalue weighted by Gasteiger charge is -2.25. The summed E-state index contributed by atoms with van der Waals surface area (Å²) in [5.41, 5.74) is 6.00. The van der Waals surface area contributed by atoms with Crippen LogP contribution in [0.3, 0.4) is 0 Å². The van der Waals surface area contributed by atoms with E-state index in [-0.39, 0.29) is 23.7 Å². The molecule has 0 aromatic rings. The summed E-state index contributed by atoms with van der Waals surface area (Å²) < 4.78 is 0. The van der Waals surface area contributed by atoms with Gasteiger partial charge >= 0.3 is 0 Å². The second-order valence-electron chi connectivity index (χ2n) is 6.38. The van der Waals surface area contributed by atoms with E-state index < -0.39 is 0 Å². The van der Waals surface area contributed by atoms with Crippen LogP contribution in [0.4, 0.5) is 0 Å². The molecule has 0 aromatic carbocycles. The van der Waals surface area contributed by atoms with Crippen molar-refractivity contribution >= 4 is 18.3 Å². The van der Waals surface area contributed by atoms with Crippen LogP contribution in [0.25, 0.3) is 0 Å². The van der Waals surface area contributed by atoms with Gasteiger partial charge in [0.05, 0.1) is 6.54 Å². The number of nitrogens with two attached hydrogens (primary N) is 1. The van der Waals surface area contributed by atoms with E-state index in [1.165, 1.54) is 19.3 Å². The fourth-order valence-corrected chi connectivity index (χ4v) is 3.15. The number of likely N-dealkylation sites (tertiary alicyclic amines) is 1. The van der Waals surface area contributed by atoms with E-state index in [4.69, 9.17) is 5.73 Å². The van der Waals surface area contributed by atoms with E-state index in [1.807, 2.05) is 0 Å². The van der Waals surface area contributed by atoms with Gasteiger partial charge in [0, 0.05) is 12.6 Å². The minimum atomic E-state index is 0. The van der Waals surface area contributed by atoms with Crippen molar-refractivity contribution in [3.8, 4) is 0 Å². The van der Waals surface area contributed by atoms with E-state index in [0.717, 1.165) is 32.4 Å². The maximum Gasteiger partial charge on any atom is 0.234 e. The van der Waals surface area contributed by atoms with Crippen molar-refractivity contribution in [3.05, 3.63) is 0 Å². The third-order valence-electron chi connectivity index (χ3n) is 4.47. The van der Waals surface area contributed by atoms with Gasteiger partial charge in [0.2, 0.25) is 5.91 Å². The number of nitrogens with zero attached hydrogens (tertiary/aromatic N) is 1. The van der Waals surface area contributed by atoms with Crippen molar-refractivity contribution in [1.82, 2.24) is 10.2 Å². The minimum Gasteiger partial charge on any atom is -0.352 e. The molecule has 1 aliphatic heterocycles. The Morgan fingerprint density at radius 1 is 1.37 bits per heavy atom. The molecule has 2 aliphatic rings. The summed E-state index contributed by atoms with van der Waals surface area (Å²) >= 11 is 0. The molecule has 2 fully saturated rings. The number of carbonyl (C=O) groups is 1. The quantitative estimate of drug-likeness (QED) is 0.825. The van der Waals surface area contributed by atoms with Crippen molar-refractivity contribution < 1.29 is 4.79 Å². The summed E-state index contributed by atoms with van der Waals surface area (Å²) in [6.07, 6.45) is 7.28. The van der Waals surface area contributed by atoms with Gasteiger partial charge in [-0.05, 0) is 37.8 Å². The Hall–Kier alpha value is -0.320. The molecule has 1 unspecified atom stereocenters. The van der Waals surface area contributed by atoms with E-state index in [9.17, 15) is 4.79 Å². The second-order valence-corrected chi connectivity index (χ2v) is 6.38. The summed E-state index contributed by atoms with van der Waals surface area (Å²) in [4.78, 5) is 14.2. The van der Waals surface area contributed by atoms with Crippen LogP contribution in [-0.2, 0) is 4.79 Å². The number of rotatable bonds is 4. The van der Waals surface area contributed by atoms with Gasteiger partial charge < -0.3 is 11.1 Å². The van der Waals surface area contributed by atoms with Gasteiger partial charge in [-0.15, -0.1) is 12.4 Å². The van der Waals surface area contributed by atoms with Gasteiger partial charge in [-0.25, -0.2) is 0 Å². The van der Waals surface area contributed by atoms with Crippen LogP contribution in [0.2, 0.25) is 0 Å². The topological polar surface area (TPSA) is 58.4 Å². The third-order valence-corrected chi connectivity index (χ3v) is 4.47. The highest BCUT2D eigenvalue weighted by molar-refractivity contribution is 5.85. The highest BCUT2D eigenvalue weighted by Crippen LogP contribution is 2.28. The zero-order valence-electron chi connectivity index (χ0n) is 12.0. The van der Waals surface area contributed by atoms with Crippen molar-refractivity contribution in [1.29, 1.82) is 0 Å². The molecule has 3 N–H and O–H groups in total. The average Bonchev–Trinajstić information content (AvgIpc) is 2.73. The lowest BCUT2D eigenvalue weighted by Crippen LogP contribution is -2.43. The van der Waals surface area contributed by atoms with Gasteiger partial charge in [-0.1, -0.05) is 26.2 Å². The Morgan fingerprint density at radius 3 is 2.63 bits per heavy atom. The Balaban J connectivity index is 0.00000180. The Kier molecular flexibility index (Phi) is 6.57. The van der Waals surface area contributed by atoms with Gasteiger partial charge in [0.25, 0.3) is 0 Å². The molecule has 1 amide bonds. The summed E-state index contributed by atoms with van der Waals surface area (Å²) in [6.45, 7) is 5.44. The molecule has 0 radical (unpaired) electrons. The van der Waals surface area contributed by atoms with Crippen LogP contribution in [-0.4, -0.2) is 43.0 Å². The van der Waals surface area contributed by atoms with Crippen LogP contribution < -0.4 is 11.1 Å². The molecule has 5 heteroatoms. The number of halogens is 1. The van der Waals surface area contributed by atoms with Crippen molar-refractivity contribution in [3.63, 3.8) is 0 Å². The first-order valence-corrected chi connectivity index (χ1v) is 7.33. The van der Waals surface area contributed by atoms with E-state index in [0.29, 0.717) is 19.1 Å². The molecule has 0 spiro atoms. The SMILES string of the molecule is CC1(CN)CCN(CC(=O)NC2CCCCC2)C1.Cl. The largest absolute Gasteiger partial charge is 0.352 e. The van der Waals surface area contributed by atoms with Crippen LogP contribution in [0.15, 0.2) is 0 Å². The summed E-state index contributed by atoms with van der Waals surface area (Å²) in [6, 6.07) is 0.426. The molecule has 1 saturated heterocycles. The highest BCUT2D eigenvalue weighted by atomic mass is 35.5. The zero-order valence-corrected chi connectivity index (χ0v) is 12.8. The smallest absolute Gasteiger partial charge is 0.234 e. The van der Waals surface area contributed by atoms with Crippen molar-refractivity contribution in [2.24, 2.45) is 11.1 Å². The fourth-order valence-electron chi connectivity index (χ4n) is 3.15. The van der Waals surface area contributed by atoms with Gasteiger partial charge in [0.1, 0.15) is 0 Å². The van der Waals surface area contributed by atoms with Gasteiger partial charge in [-0.2, -0.15) is 0 Å². The maximum absolute atomic E-state index is 12.0. The van der Waals surface area contributed by atoms with Crippen LogP contribution >= 0.6 is 12.4 Å². The molecule has 2 rings (SSSR count). The van der Waals surface area contributed by atoms with Crippen molar-refractivity contribution in [2.75, 3.05) is 26.2 Å². The molecule has 19 heavy (non-hydrogen) atoms. The molecule has 1 heterocycles. The fraction of sp³-hybridized carbons (Fsp3) is 0.929. The molecule has 1 saturated carbocycles. The monoisotopic (exact) mass is 289 g/mol. The second kappa shape index (κ2) is 7.46. The van der Waals surface area contributed by atoms with Crippen molar-refractivity contribution in [2.45, 2.75) is 51.5 Å². The Morgan fingerprint density at radius 2 is 2.05 bits per heavy atom. The first-order valence-electron chi connectivity index (χ1n) is 7.33. The normalized spacial score (nSPS) is 28.9. The molecule has 112 valence electrons. The van der Waals surface area contributed by atoms with Gasteiger partial charge in [0.15, 0.2) is 0 Å². The number of hydrogen-bond acceptors (Lipinski definition) is 3. The lowest BCUT2D eigenvalue weighted by molar-refractivity contribution is -0.123. The summed E-state index contributed by atoms with van der Waals surface area (Å²) in [5, 5.41) is 3.18. The predicted molar refractivity (Wildman–Crippen MR) is 80.5 cm³/mol. The summed E-state index contributed by atoms with van der Waals surface area (Å²) in [5.74, 6) is 0.197. The minimum absolute atomic E-state index is 0. The molecular weight excluding hydrogens is 262 g/mol. The van der Waals surface area contributed by atoms with Crippen LogP contribution in [0, 0.1) is 5.41 Å². The molecule has 4 nitrogen and oxygen atoms in total. The molecule has 1 aliphatic carbocycles. The van der Waals surface area contributed by atoms with Crippen LogP contribution in [0.1, 0.15) is 45.4 Å². The van der Waals surface area contributed by atoms with E-state index >= 15 is 0 Å². The number of hydrogen-bond donors (Lipinski definition) is 2. The number of carbonyl (C=O) groups excluding carboxylic acids is 1. The Bertz CT molecular complexity index is 294. The molecule has 0 aromatic heterocycles. The lowest BCUT2D eigenvalue weighted by atomic mass is 9.90. The predicted octanol–water partition coefficient (Wildman–Crippen LogP) is 1.53. The molecule has 1 atom stereocenters. The summed E-state index contributed by atoms with van der Waals surface area (Å²) in [7, 11) is 0. The van der Waals surface area contributed by atoms with Gasteiger partial charge in [-0.3, -0.25) is 9.69 Å². The Labute approximate surface area is 122 Å². The zero-order chi connectivity index (χ0) is 13.0. The van der Waals surface area contributed by atoms with E-state index in [2.05, 4.69) is 17.1 Å². The molecule has 0 bridgehead atoms. The average molecular weight is 290 g/mol. The first kappa shape index (κ1) is 16.7. The standard InChI is InChI=1S/C14H27N3O.ClH/c1-14(10-15)7-8-17(11-14)9-13(18)16-12-5-3-2-4-6-12;/h12H,2-11,15H2,1H3,(H,16,18);1H.